The Morgan fingerprint density at radius 1 is 1.25 bits per heavy atom. The van der Waals surface area contributed by atoms with Gasteiger partial charge in [-0.2, -0.15) is 4.80 Å². The zero-order chi connectivity index (χ0) is 16.5. The summed E-state index contributed by atoms with van der Waals surface area (Å²) in [4.78, 5) is 24.4. The lowest BCUT2D eigenvalue weighted by atomic mass is 10.1. The minimum Gasteiger partial charge on any atom is -0.366 e. The van der Waals surface area contributed by atoms with E-state index in [4.69, 9.17) is 4.74 Å². The Kier molecular flexibility index (Phi) is 3.62. The van der Waals surface area contributed by atoms with Crippen LogP contribution in [-0.4, -0.2) is 60.7 Å². The van der Waals surface area contributed by atoms with Crippen molar-refractivity contribution in [3.63, 3.8) is 0 Å². The topological polar surface area (TPSA) is 98.9 Å². The van der Waals surface area contributed by atoms with Gasteiger partial charge in [0.1, 0.15) is 6.10 Å². The molecule has 24 heavy (non-hydrogen) atoms. The summed E-state index contributed by atoms with van der Waals surface area (Å²) in [5, 5.41) is 11.9. The van der Waals surface area contributed by atoms with Gasteiger partial charge in [-0.15, -0.1) is 10.2 Å². The van der Waals surface area contributed by atoms with Crippen LogP contribution >= 0.6 is 0 Å². The summed E-state index contributed by atoms with van der Waals surface area (Å²) in [5.41, 5.74) is 2.04. The smallest absolute Gasteiger partial charge is 0.254 e. The molecule has 1 saturated heterocycles. The predicted molar refractivity (Wildman–Crippen MR) is 82.9 cm³/mol. The van der Waals surface area contributed by atoms with Crippen LogP contribution in [0.4, 0.5) is 0 Å². The first-order valence-electron chi connectivity index (χ1n) is 7.56. The third-order valence-corrected chi connectivity index (χ3v) is 3.88. The van der Waals surface area contributed by atoms with Crippen LogP contribution in [0.15, 0.2) is 30.6 Å². The highest BCUT2D eigenvalue weighted by molar-refractivity contribution is 5.97. The van der Waals surface area contributed by atoms with E-state index in [9.17, 15) is 4.79 Å². The molecule has 0 radical (unpaired) electrons. The van der Waals surface area contributed by atoms with Crippen molar-refractivity contribution in [3.05, 3.63) is 42.0 Å². The molecule has 1 aliphatic heterocycles. The Morgan fingerprint density at radius 2 is 2.08 bits per heavy atom. The third kappa shape index (κ3) is 2.69. The number of aryl methyl sites for hydroxylation is 1. The highest BCUT2D eigenvalue weighted by Gasteiger charge is 2.29. The number of morpholine rings is 1. The van der Waals surface area contributed by atoms with Crippen LogP contribution < -0.4 is 0 Å². The largest absolute Gasteiger partial charge is 0.366 e. The molecule has 2 aromatic heterocycles. The van der Waals surface area contributed by atoms with Gasteiger partial charge in [-0.25, -0.2) is 0 Å². The second-order valence-corrected chi connectivity index (χ2v) is 5.51. The molecule has 3 aromatic rings. The highest BCUT2D eigenvalue weighted by atomic mass is 16.5. The molecule has 1 aromatic carbocycles. The molecule has 122 valence electrons. The van der Waals surface area contributed by atoms with Crippen LogP contribution in [0, 0.1) is 0 Å². The first-order valence-corrected chi connectivity index (χ1v) is 7.56. The highest BCUT2D eigenvalue weighted by Crippen LogP contribution is 2.21. The van der Waals surface area contributed by atoms with Crippen molar-refractivity contribution in [1.29, 1.82) is 0 Å². The number of tetrazole rings is 1. The lowest BCUT2D eigenvalue weighted by Gasteiger charge is -2.31. The quantitative estimate of drug-likeness (QED) is 0.671. The second kappa shape index (κ2) is 5.93. The SMILES string of the molecule is Cn1nnc(C2CN(C(=O)c3ccc4nccnc4c3)CCO2)n1. The number of ether oxygens (including phenoxy) is 1. The molecule has 1 unspecified atom stereocenters. The van der Waals surface area contributed by atoms with Crippen LogP contribution in [-0.2, 0) is 11.8 Å². The first-order chi connectivity index (χ1) is 11.7. The molecular weight excluding hydrogens is 310 g/mol. The average molecular weight is 325 g/mol. The van der Waals surface area contributed by atoms with Gasteiger partial charge in [-0.05, 0) is 23.4 Å². The van der Waals surface area contributed by atoms with Gasteiger partial charge in [0, 0.05) is 24.5 Å². The molecule has 1 atom stereocenters. The van der Waals surface area contributed by atoms with Crippen molar-refractivity contribution >= 4 is 16.9 Å². The van der Waals surface area contributed by atoms with Gasteiger partial charge in [0.2, 0.25) is 5.82 Å². The summed E-state index contributed by atoms with van der Waals surface area (Å²) < 4.78 is 5.67. The number of aromatic nitrogens is 6. The Bertz CT molecular complexity index is 894. The van der Waals surface area contributed by atoms with Gasteiger partial charge in [0.15, 0.2) is 0 Å². The normalized spacial score (nSPS) is 18.0. The molecule has 1 amide bonds. The molecule has 3 heterocycles. The van der Waals surface area contributed by atoms with E-state index in [2.05, 4.69) is 25.4 Å². The van der Waals surface area contributed by atoms with Crippen molar-refractivity contribution in [2.75, 3.05) is 19.7 Å². The average Bonchev–Trinajstić information content (AvgIpc) is 3.07. The molecule has 0 bridgehead atoms. The number of fused-ring (bicyclic) bond motifs is 1. The van der Waals surface area contributed by atoms with Crippen molar-refractivity contribution in [2.24, 2.45) is 7.05 Å². The van der Waals surface area contributed by atoms with E-state index in [-0.39, 0.29) is 12.0 Å². The van der Waals surface area contributed by atoms with E-state index in [0.29, 0.717) is 36.6 Å². The number of rotatable bonds is 2. The van der Waals surface area contributed by atoms with Gasteiger partial charge >= 0.3 is 0 Å². The van der Waals surface area contributed by atoms with Crippen molar-refractivity contribution < 1.29 is 9.53 Å². The van der Waals surface area contributed by atoms with Crippen LogP contribution in [0.5, 0.6) is 0 Å². The molecule has 0 N–H and O–H groups in total. The molecular formula is C15H15N7O2. The number of hydrogen-bond donors (Lipinski definition) is 0. The van der Waals surface area contributed by atoms with Crippen LogP contribution in [0.25, 0.3) is 11.0 Å². The van der Waals surface area contributed by atoms with Gasteiger partial charge < -0.3 is 9.64 Å². The van der Waals surface area contributed by atoms with Crippen molar-refractivity contribution in [1.82, 2.24) is 35.1 Å². The Labute approximate surface area is 137 Å². The summed E-state index contributed by atoms with van der Waals surface area (Å²) in [6.45, 7) is 1.35. The fourth-order valence-corrected chi connectivity index (χ4v) is 2.70. The monoisotopic (exact) mass is 325 g/mol. The van der Waals surface area contributed by atoms with Crippen LogP contribution in [0.3, 0.4) is 0 Å². The summed E-state index contributed by atoms with van der Waals surface area (Å²) >= 11 is 0. The number of benzene rings is 1. The molecule has 0 aliphatic carbocycles. The number of nitrogens with zero attached hydrogens (tertiary/aromatic N) is 7. The van der Waals surface area contributed by atoms with E-state index >= 15 is 0 Å². The van der Waals surface area contributed by atoms with E-state index in [1.807, 2.05) is 0 Å². The third-order valence-electron chi connectivity index (χ3n) is 3.88. The minimum atomic E-state index is -0.364. The van der Waals surface area contributed by atoms with Gasteiger partial charge in [-0.3, -0.25) is 14.8 Å². The molecule has 0 spiro atoms. The summed E-state index contributed by atoms with van der Waals surface area (Å²) in [6.07, 6.45) is 2.88. The minimum absolute atomic E-state index is 0.0697. The fourth-order valence-electron chi connectivity index (χ4n) is 2.70. The van der Waals surface area contributed by atoms with Gasteiger partial charge in [0.25, 0.3) is 5.91 Å². The maximum atomic E-state index is 12.8. The molecule has 1 fully saturated rings. The molecule has 9 heteroatoms. The van der Waals surface area contributed by atoms with Crippen LogP contribution in [0.2, 0.25) is 0 Å². The first kappa shape index (κ1) is 14.6. The summed E-state index contributed by atoms with van der Waals surface area (Å²) in [6, 6.07) is 5.33. The van der Waals surface area contributed by atoms with E-state index in [1.54, 1.807) is 42.5 Å². The fraction of sp³-hybridized carbons (Fsp3) is 0.333. The van der Waals surface area contributed by atoms with Gasteiger partial charge in [-0.1, -0.05) is 0 Å². The van der Waals surface area contributed by atoms with Crippen LogP contribution in [0.1, 0.15) is 22.3 Å². The number of hydrogen-bond acceptors (Lipinski definition) is 7. The zero-order valence-electron chi connectivity index (χ0n) is 13.0. The van der Waals surface area contributed by atoms with Gasteiger partial charge in [0.05, 0.1) is 31.2 Å². The molecule has 9 nitrogen and oxygen atoms in total. The lowest BCUT2D eigenvalue weighted by molar-refractivity contribution is -0.0269. The number of carbonyl (C=O) groups is 1. The van der Waals surface area contributed by atoms with E-state index in [1.165, 1.54) is 4.80 Å². The van der Waals surface area contributed by atoms with E-state index in [0.717, 1.165) is 5.52 Å². The van der Waals surface area contributed by atoms with Crippen molar-refractivity contribution in [2.45, 2.75) is 6.10 Å². The zero-order valence-corrected chi connectivity index (χ0v) is 13.0. The summed E-state index contributed by atoms with van der Waals surface area (Å²) in [7, 11) is 1.69. The Balaban J connectivity index is 1.56. The lowest BCUT2D eigenvalue weighted by Crippen LogP contribution is -2.42. The Morgan fingerprint density at radius 3 is 2.88 bits per heavy atom. The maximum absolute atomic E-state index is 12.8. The molecule has 0 saturated carbocycles. The maximum Gasteiger partial charge on any atom is 0.254 e. The molecule has 4 rings (SSSR count). The van der Waals surface area contributed by atoms with Crippen molar-refractivity contribution in [3.8, 4) is 0 Å². The standard InChI is InChI=1S/C15H15N7O2/c1-21-19-14(18-20-21)13-9-22(6-7-24-13)15(23)10-2-3-11-12(8-10)17-5-4-16-11/h2-5,8,13H,6-7,9H2,1H3. The predicted octanol–water partition coefficient (Wildman–Crippen LogP) is 0.367. The number of amides is 1. The Hall–Kier alpha value is -2.94. The summed E-state index contributed by atoms with van der Waals surface area (Å²) in [5.74, 6) is 0.416. The second-order valence-electron chi connectivity index (χ2n) is 5.51. The number of carbonyl (C=O) groups excluding carboxylic acids is 1. The van der Waals surface area contributed by atoms with E-state index < -0.39 is 0 Å². The molecule has 1 aliphatic rings.